The van der Waals surface area contributed by atoms with E-state index in [4.69, 9.17) is 44.3 Å². The van der Waals surface area contributed by atoms with Gasteiger partial charge in [0.25, 0.3) is 0 Å². The largest absolute Gasteiger partial charge is 0.462 e. The molecule has 0 aliphatic carbocycles. The zero-order chi connectivity index (χ0) is 22.1. The van der Waals surface area contributed by atoms with Crippen LogP contribution in [-0.4, -0.2) is 42.2 Å². The number of halogens is 3. The van der Waals surface area contributed by atoms with E-state index in [0.717, 1.165) is 5.56 Å². The van der Waals surface area contributed by atoms with Crippen molar-refractivity contribution in [3.63, 3.8) is 0 Å². The molecule has 10 heteroatoms. The Morgan fingerprint density at radius 2 is 1.33 bits per heavy atom. The van der Waals surface area contributed by atoms with E-state index in [1.807, 2.05) is 0 Å². The lowest BCUT2D eigenvalue weighted by molar-refractivity contribution is 0.0516. The average molecular weight is 479 g/mol. The van der Waals surface area contributed by atoms with Crippen molar-refractivity contribution in [1.29, 1.82) is 0 Å². The van der Waals surface area contributed by atoms with Gasteiger partial charge in [-0.05, 0) is 27.7 Å². The fourth-order valence-corrected chi connectivity index (χ4v) is 2.74. The first-order chi connectivity index (χ1) is 13.7. The molecule has 166 valence electrons. The predicted octanol–water partition coefficient (Wildman–Crippen LogP) is 5.77. The molecule has 0 saturated carbocycles. The molecule has 2 heterocycles. The van der Waals surface area contributed by atoms with Gasteiger partial charge in [-0.2, -0.15) is 0 Å². The van der Waals surface area contributed by atoms with E-state index in [1.54, 1.807) is 34.7 Å². The second-order valence-corrected chi connectivity index (χ2v) is 6.65. The molecule has 2 rings (SSSR count). The van der Waals surface area contributed by atoms with E-state index in [-0.39, 0.29) is 13.0 Å². The van der Waals surface area contributed by atoms with Gasteiger partial charge in [0.1, 0.15) is 15.9 Å². The third-order valence-electron chi connectivity index (χ3n) is 3.68. The van der Waals surface area contributed by atoms with Crippen LogP contribution in [0, 0.1) is 13.8 Å². The second kappa shape index (κ2) is 13.3. The summed E-state index contributed by atoms with van der Waals surface area (Å²) in [6, 6.07) is 0. The van der Waals surface area contributed by atoms with Gasteiger partial charge < -0.3 is 14.8 Å². The van der Waals surface area contributed by atoms with Gasteiger partial charge in [0.2, 0.25) is 0 Å². The van der Waals surface area contributed by atoms with Crippen molar-refractivity contribution in [1.82, 2.24) is 9.97 Å². The topological polar surface area (TPSA) is 90.4 Å². The summed E-state index contributed by atoms with van der Waals surface area (Å²) in [6.07, 6.45) is 2.73. The highest BCUT2D eigenvalue weighted by atomic mass is 35.5. The number of carbonyl (C=O) groups excluding carboxylic acids is 2. The van der Waals surface area contributed by atoms with E-state index in [0.29, 0.717) is 45.4 Å². The van der Waals surface area contributed by atoms with Crippen LogP contribution in [-0.2, 0) is 9.47 Å². The molecule has 0 saturated heterocycles. The lowest BCUT2D eigenvalue weighted by Crippen LogP contribution is -2.10. The highest BCUT2D eigenvalue weighted by molar-refractivity contribution is 6.37. The summed E-state index contributed by atoms with van der Waals surface area (Å²) in [7, 11) is 1.72. The van der Waals surface area contributed by atoms with Crippen molar-refractivity contribution in [3.8, 4) is 0 Å². The van der Waals surface area contributed by atoms with Crippen molar-refractivity contribution in [3.05, 3.63) is 50.0 Å². The molecule has 7 nitrogen and oxygen atoms in total. The number of esters is 2. The molecule has 0 aliphatic rings. The Kier molecular flexibility index (Phi) is 12.3. The van der Waals surface area contributed by atoms with Crippen LogP contribution < -0.4 is 5.32 Å². The molecule has 0 unspecified atom stereocenters. The molecular formula is C20H26Cl3N3O4. The maximum atomic E-state index is 11.5. The molecule has 2 aromatic heterocycles. The first-order valence-corrected chi connectivity index (χ1v) is 9.80. The van der Waals surface area contributed by atoms with Crippen LogP contribution >= 0.6 is 34.8 Å². The number of hydrogen-bond acceptors (Lipinski definition) is 7. The monoisotopic (exact) mass is 477 g/mol. The van der Waals surface area contributed by atoms with Crippen molar-refractivity contribution < 1.29 is 19.1 Å². The van der Waals surface area contributed by atoms with Gasteiger partial charge in [-0.25, -0.2) is 19.6 Å². The first kappa shape index (κ1) is 27.9. The summed E-state index contributed by atoms with van der Waals surface area (Å²) in [6.45, 7) is 7.61. The lowest BCUT2D eigenvalue weighted by Gasteiger charge is -2.11. The molecule has 0 fully saturated rings. The highest BCUT2D eigenvalue weighted by Crippen LogP contribution is 2.26. The second-order valence-electron chi connectivity index (χ2n) is 5.56. The third-order valence-corrected chi connectivity index (χ3v) is 4.93. The highest BCUT2D eigenvalue weighted by Gasteiger charge is 2.16. The van der Waals surface area contributed by atoms with Crippen LogP contribution in [0.1, 0.15) is 53.1 Å². The van der Waals surface area contributed by atoms with Crippen LogP contribution in [0.2, 0.25) is 15.3 Å². The van der Waals surface area contributed by atoms with Gasteiger partial charge in [0.15, 0.2) is 0 Å². The number of nitrogens with one attached hydrogen (secondary N) is 1. The molecule has 0 spiro atoms. The van der Waals surface area contributed by atoms with Gasteiger partial charge in [0, 0.05) is 30.6 Å². The summed E-state index contributed by atoms with van der Waals surface area (Å²) >= 11 is 17.5. The number of pyridine rings is 2. The predicted molar refractivity (Wildman–Crippen MR) is 121 cm³/mol. The summed E-state index contributed by atoms with van der Waals surface area (Å²) in [5, 5.41) is 3.89. The normalized spacial score (nSPS) is 9.60. The van der Waals surface area contributed by atoms with Gasteiger partial charge in [-0.15, -0.1) is 0 Å². The first-order valence-electron chi connectivity index (χ1n) is 8.67. The molecule has 0 bridgehead atoms. The lowest BCUT2D eigenvalue weighted by atomic mass is 10.1. The molecular weight excluding hydrogens is 453 g/mol. The number of nitrogens with zero attached hydrogens (tertiary/aromatic N) is 2. The standard InChI is InChI=1S/C10H13ClN2O2.C9H9Cl2NO2.CH4/c1-4-15-10(14)7-5-13-9(11)6(2)8(7)12-3;1-3-14-9(13)6-4-12-8(11)5(2)7(6)10;/h5H,4H2,1-3H3,(H,12,13);4H,3H2,1-2H3;1H4. The minimum Gasteiger partial charge on any atom is -0.462 e. The SMILES string of the molecule is C.CCOC(=O)c1cnc(Cl)c(C)c1Cl.CCOC(=O)c1cnc(Cl)c(C)c1NC. The van der Waals surface area contributed by atoms with E-state index in [2.05, 4.69) is 15.3 Å². The fourth-order valence-electron chi connectivity index (χ4n) is 2.19. The van der Waals surface area contributed by atoms with Gasteiger partial charge >= 0.3 is 11.9 Å². The Bertz CT molecular complexity index is 892. The number of carbonyl (C=O) groups is 2. The molecule has 0 radical (unpaired) electrons. The Balaban J connectivity index is 0.000000544. The fraction of sp³-hybridized carbons (Fsp3) is 0.400. The van der Waals surface area contributed by atoms with Crippen LogP contribution in [0.25, 0.3) is 0 Å². The Morgan fingerprint density at radius 3 is 1.80 bits per heavy atom. The van der Waals surface area contributed by atoms with Crippen LogP contribution in [0.15, 0.2) is 12.4 Å². The molecule has 0 atom stereocenters. The van der Waals surface area contributed by atoms with E-state index >= 15 is 0 Å². The van der Waals surface area contributed by atoms with Crippen molar-refractivity contribution in [2.75, 3.05) is 25.6 Å². The quantitative estimate of drug-likeness (QED) is 0.431. The van der Waals surface area contributed by atoms with Crippen LogP contribution in [0.5, 0.6) is 0 Å². The number of anilines is 1. The zero-order valence-corrected chi connectivity index (χ0v) is 19.0. The van der Waals surface area contributed by atoms with Crippen molar-refractivity contribution in [2.24, 2.45) is 0 Å². The van der Waals surface area contributed by atoms with E-state index in [1.165, 1.54) is 12.4 Å². The summed E-state index contributed by atoms with van der Waals surface area (Å²) in [4.78, 5) is 30.6. The molecule has 0 amide bonds. The molecule has 30 heavy (non-hydrogen) atoms. The number of ether oxygens (including phenoxy) is 2. The molecule has 0 aromatic carbocycles. The molecule has 2 aromatic rings. The minimum atomic E-state index is -0.482. The van der Waals surface area contributed by atoms with Crippen LogP contribution in [0.3, 0.4) is 0 Å². The maximum absolute atomic E-state index is 11.5. The maximum Gasteiger partial charge on any atom is 0.341 e. The van der Waals surface area contributed by atoms with Crippen molar-refractivity contribution >= 4 is 52.4 Å². The Labute approximate surface area is 192 Å². The Morgan fingerprint density at radius 1 is 0.900 bits per heavy atom. The Hall–Kier alpha value is -2.09. The summed E-state index contributed by atoms with van der Waals surface area (Å²) in [5.41, 5.74) is 2.63. The third kappa shape index (κ3) is 7.00. The minimum absolute atomic E-state index is 0. The summed E-state index contributed by atoms with van der Waals surface area (Å²) in [5.74, 6) is -0.876. The van der Waals surface area contributed by atoms with E-state index < -0.39 is 11.9 Å². The molecule has 1 N–H and O–H groups in total. The van der Waals surface area contributed by atoms with Crippen molar-refractivity contribution in [2.45, 2.75) is 35.1 Å². The van der Waals surface area contributed by atoms with Gasteiger partial charge in [-0.1, -0.05) is 42.2 Å². The van der Waals surface area contributed by atoms with Gasteiger partial charge in [0.05, 0.1) is 29.5 Å². The number of hydrogen-bond donors (Lipinski definition) is 1. The van der Waals surface area contributed by atoms with Crippen LogP contribution in [0.4, 0.5) is 5.69 Å². The van der Waals surface area contributed by atoms with E-state index in [9.17, 15) is 9.59 Å². The molecule has 0 aliphatic heterocycles. The zero-order valence-electron chi connectivity index (χ0n) is 16.7. The average Bonchev–Trinajstić information content (AvgIpc) is 2.69. The van der Waals surface area contributed by atoms with Gasteiger partial charge in [-0.3, -0.25) is 0 Å². The number of rotatable bonds is 5. The smallest absolute Gasteiger partial charge is 0.341 e. The number of aromatic nitrogens is 2. The summed E-state index contributed by atoms with van der Waals surface area (Å²) < 4.78 is 9.70.